The number of fused-ring (bicyclic) bond motifs is 1. The van der Waals surface area contributed by atoms with Gasteiger partial charge in [0.2, 0.25) is 6.79 Å². The maximum absolute atomic E-state index is 13.1. The number of hydrogen-bond acceptors (Lipinski definition) is 6. The highest BCUT2D eigenvalue weighted by molar-refractivity contribution is 6.04. The van der Waals surface area contributed by atoms with Crippen LogP contribution in [0.15, 0.2) is 79.1 Å². The maximum Gasteiger partial charge on any atom is 0.255 e. The summed E-state index contributed by atoms with van der Waals surface area (Å²) in [6.45, 7) is 0.179. The van der Waals surface area contributed by atoms with Crippen LogP contribution in [0.25, 0.3) is 11.3 Å². The first-order chi connectivity index (χ1) is 15.6. The lowest BCUT2D eigenvalue weighted by Crippen LogP contribution is -2.11. The average molecular weight is 428 g/mol. The van der Waals surface area contributed by atoms with Crippen molar-refractivity contribution in [2.75, 3.05) is 17.4 Å². The molecule has 1 aliphatic heterocycles. The molecule has 5 rings (SSSR count). The number of halogens is 1. The minimum atomic E-state index is -0.302. The molecule has 158 valence electrons. The van der Waals surface area contributed by atoms with Gasteiger partial charge in [0.05, 0.1) is 5.69 Å². The van der Waals surface area contributed by atoms with E-state index >= 15 is 0 Å². The van der Waals surface area contributed by atoms with E-state index in [1.54, 1.807) is 60.7 Å². The molecule has 4 aromatic rings. The van der Waals surface area contributed by atoms with Gasteiger partial charge in [0, 0.05) is 34.6 Å². The van der Waals surface area contributed by atoms with Crippen molar-refractivity contribution >= 4 is 23.1 Å². The predicted molar refractivity (Wildman–Crippen MR) is 118 cm³/mol. The molecule has 3 aromatic carbocycles. The zero-order valence-electron chi connectivity index (χ0n) is 16.7. The van der Waals surface area contributed by atoms with Gasteiger partial charge in [0.1, 0.15) is 18.0 Å². The Hall–Kier alpha value is -4.46. The predicted octanol–water partition coefficient (Wildman–Crippen LogP) is 5.01. The standard InChI is InChI=1S/C24H17FN4O3/c25-17-5-1-15(2-6-17)20-12-23(27-13-26-20)28-18-7-3-16(4-8-18)24(30)29-19-9-10-21-22(11-19)32-14-31-21/h1-13H,14H2,(H,29,30)(H,26,27,28). The Bertz CT molecular complexity index is 1280. The summed E-state index contributed by atoms with van der Waals surface area (Å²) in [5.74, 6) is 1.30. The van der Waals surface area contributed by atoms with E-state index in [1.165, 1.54) is 18.5 Å². The summed E-state index contributed by atoms with van der Waals surface area (Å²) in [5, 5.41) is 6.03. The Labute approximate surface area is 182 Å². The Morgan fingerprint density at radius 1 is 0.844 bits per heavy atom. The monoisotopic (exact) mass is 428 g/mol. The molecule has 7 nitrogen and oxygen atoms in total. The molecule has 0 bridgehead atoms. The number of carbonyl (C=O) groups excluding carboxylic acids is 1. The van der Waals surface area contributed by atoms with Gasteiger partial charge in [-0.25, -0.2) is 14.4 Å². The first kappa shape index (κ1) is 19.5. The molecule has 0 aliphatic carbocycles. The highest BCUT2D eigenvalue weighted by Gasteiger charge is 2.14. The van der Waals surface area contributed by atoms with E-state index < -0.39 is 0 Å². The van der Waals surface area contributed by atoms with Gasteiger partial charge in [-0.3, -0.25) is 4.79 Å². The van der Waals surface area contributed by atoms with Crippen molar-refractivity contribution in [1.82, 2.24) is 9.97 Å². The molecular weight excluding hydrogens is 411 g/mol. The molecule has 0 unspecified atom stereocenters. The molecule has 1 aliphatic rings. The van der Waals surface area contributed by atoms with Crippen LogP contribution in [0.3, 0.4) is 0 Å². The Morgan fingerprint density at radius 3 is 2.41 bits per heavy atom. The van der Waals surface area contributed by atoms with Crippen molar-refractivity contribution in [2.45, 2.75) is 0 Å². The lowest BCUT2D eigenvalue weighted by atomic mass is 10.1. The van der Waals surface area contributed by atoms with Crippen LogP contribution in [0.2, 0.25) is 0 Å². The summed E-state index contributed by atoms with van der Waals surface area (Å²) in [4.78, 5) is 21.0. The smallest absolute Gasteiger partial charge is 0.255 e. The normalized spacial score (nSPS) is 11.8. The van der Waals surface area contributed by atoms with Crippen molar-refractivity contribution in [2.24, 2.45) is 0 Å². The minimum Gasteiger partial charge on any atom is -0.454 e. The number of carbonyl (C=O) groups is 1. The summed E-state index contributed by atoms with van der Waals surface area (Å²) in [7, 11) is 0. The number of nitrogens with one attached hydrogen (secondary N) is 2. The summed E-state index contributed by atoms with van der Waals surface area (Å²) in [5.41, 5.74) is 3.33. The molecule has 1 aromatic heterocycles. The van der Waals surface area contributed by atoms with E-state index in [1.807, 2.05) is 0 Å². The fraction of sp³-hybridized carbons (Fsp3) is 0.0417. The number of rotatable bonds is 5. The molecule has 0 saturated carbocycles. The summed E-state index contributed by atoms with van der Waals surface area (Å²) in [6, 6.07) is 20.1. The number of nitrogens with zero attached hydrogens (tertiary/aromatic N) is 2. The number of hydrogen-bond donors (Lipinski definition) is 2. The Balaban J connectivity index is 1.26. The second-order valence-electron chi connectivity index (χ2n) is 7.02. The van der Waals surface area contributed by atoms with E-state index in [4.69, 9.17) is 9.47 Å². The molecule has 0 spiro atoms. The molecule has 8 heteroatoms. The molecular formula is C24H17FN4O3. The Kier molecular flexibility index (Phi) is 5.09. The highest BCUT2D eigenvalue weighted by atomic mass is 19.1. The SMILES string of the molecule is O=C(Nc1ccc2c(c1)OCO2)c1ccc(Nc2cc(-c3ccc(F)cc3)ncn2)cc1. The van der Waals surface area contributed by atoms with Gasteiger partial charge in [-0.05, 0) is 60.7 Å². The lowest BCUT2D eigenvalue weighted by molar-refractivity contribution is 0.102. The second kappa shape index (κ2) is 8.35. The molecule has 0 saturated heterocycles. The maximum atomic E-state index is 13.1. The van der Waals surface area contributed by atoms with Crippen LogP contribution in [-0.4, -0.2) is 22.7 Å². The molecule has 0 atom stereocenters. The van der Waals surface area contributed by atoms with Crippen LogP contribution in [0, 0.1) is 5.82 Å². The zero-order chi connectivity index (χ0) is 21.9. The molecule has 0 fully saturated rings. The van der Waals surface area contributed by atoms with Gasteiger partial charge in [0.15, 0.2) is 11.5 Å². The number of anilines is 3. The van der Waals surface area contributed by atoms with E-state index in [9.17, 15) is 9.18 Å². The molecule has 1 amide bonds. The summed E-state index contributed by atoms with van der Waals surface area (Å²) in [6.07, 6.45) is 1.44. The van der Waals surface area contributed by atoms with Gasteiger partial charge >= 0.3 is 0 Å². The first-order valence-corrected chi connectivity index (χ1v) is 9.80. The molecule has 2 N–H and O–H groups in total. The van der Waals surface area contributed by atoms with Gasteiger partial charge in [0.25, 0.3) is 5.91 Å². The van der Waals surface area contributed by atoms with E-state index in [0.29, 0.717) is 34.3 Å². The molecule has 2 heterocycles. The van der Waals surface area contributed by atoms with Crippen molar-refractivity contribution < 1.29 is 18.7 Å². The van der Waals surface area contributed by atoms with Crippen LogP contribution < -0.4 is 20.1 Å². The van der Waals surface area contributed by atoms with E-state index in [2.05, 4.69) is 20.6 Å². The third-order valence-electron chi connectivity index (χ3n) is 4.86. The number of amides is 1. The Morgan fingerprint density at radius 2 is 1.59 bits per heavy atom. The quantitative estimate of drug-likeness (QED) is 0.465. The van der Waals surface area contributed by atoms with Crippen molar-refractivity contribution in [3.05, 3.63) is 90.5 Å². The topological polar surface area (TPSA) is 85.4 Å². The lowest BCUT2D eigenvalue weighted by Gasteiger charge is -2.09. The highest BCUT2D eigenvalue weighted by Crippen LogP contribution is 2.34. The minimum absolute atomic E-state index is 0.179. The number of benzene rings is 3. The van der Waals surface area contributed by atoms with Crippen molar-refractivity contribution in [3.8, 4) is 22.8 Å². The average Bonchev–Trinajstić information content (AvgIpc) is 3.28. The van der Waals surface area contributed by atoms with Gasteiger partial charge in [-0.15, -0.1) is 0 Å². The summed E-state index contributed by atoms with van der Waals surface area (Å²) < 4.78 is 23.8. The van der Waals surface area contributed by atoms with E-state index in [-0.39, 0.29) is 18.5 Å². The fourth-order valence-corrected chi connectivity index (χ4v) is 3.23. The van der Waals surface area contributed by atoms with Crippen LogP contribution in [0.4, 0.5) is 21.6 Å². The van der Waals surface area contributed by atoms with Gasteiger partial charge in [-0.2, -0.15) is 0 Å². The van der Waals surface area contributed by atoms with E-state index in [0.717, 1.165) is 11.3 Å². The van der Waals surface area contributed by atoms with Crippen LogP contribution >= 0.6 is 0 Å². The summed E-state index contributed by atoms with van der Waals surface area (Å²) >= 11 is 0. The number of ether oxygens (including phenoxy) is 2. The van der Waals surface area contributed by atoms with Gasteiger partial charge < -0.3 is 20.1 Å². The largest absolute Gasteiger partial charge is 0.454 e. The second-order valence-corrected chi connectivity index (χ2v) is 7.02. The zero-order valence-corrected chi connectivity index (χ0v) is 16.7. The van der Waals surface area contributed by atoms with Crippen molar-refractivity contribution in [1.29, 1.82) is 0 Å². The number of aromatic nitrogens is 2. The van der Waals surface area contributed by atoms with Crippen LogP contribution in [0.5, 0.6) is 11.5 Å². The third kappa shape index (κ3) is 4.20. The third-order valence-corrected chi connectivity index (χ3v) is 4.86. The fourth-order valence-electron chi connectivity index (χ4n) is 3.23. The first-order valence-electron chi connectivity index (χ1n) is 9.80. The van der Waals surface area contributed by atoms with Crippen LogP contribution in [-0.2, 0) is 0 Å². The molecule has 0 radical (unpaired) electrons. The van der Waals surface area contributed by atoms with Crippen LogP contribution in [0.1, 0.15) is 10.4 Å². The van der Waals surface area contributed by atoms with Crippen molar-refractivity contribution in [3.63, 3.8) is 0 Å². The molecule has 32 heavy (non-hydrogen) atoms. The van der Waals surface area contributed by atoms with Gasteiger partial charge in [-0.1, -0.05) is 0 Å².